The smallest absolute Gasteiger partial charge is 0.306 e. The second kappa shape index (κ2) is 8.84. The third-order valence-electron chi connectivity index (χ3n) is 6.19. The Hall–Kier alpha value is -3.03. The normalized spacial score (nSPS) is 19.6. The number of nitrogens with zero attached hydrogens (tertiary/aromatic N) is 2. The summed E-state index contributed by atoms with van der Waals surface area (Å²) >= 11 is 0. The van der Waals surface area contributed by atoms with E-state index < -0.39 is 28.0 Å². The summed E-state index contributed by atoms with van der Waals surface area (Å²) in [6, 6.07) is 16.0. The van der Waals surface area contributed by atoms with Crippen LogP contribution >= 0.6 is 0 Å². The molecule has 1 saturated heterocycles. The molecule has 1 fully saturated rings. The number of aromatic nitrogens is 1. The highest BCUT2D eigenvalue weighted by molar-refractivity contribution is 7.89. The largest absolute Gasteiger partial charge is 0.481 e. The summed E-state index contributed by atoms with van der Waals surface area (Å²) in [4.78, 5) is 16.2. The fourth-order valence-electron chi connectivity index (χ4n) is 4.44. The van der Waals surface area contributed by atoms with Gasteiger partial charge in [0.05, 0.1) is 16.9 Å². The Bertz CT molecular complexity index is 1260. The van der Waals surface area contributed by atoms with E-state index in [1.54, 1.807) is 37.5 Å². The molecular weight excluding hydrogens is 424 g/mol. The molecule has 6 nitrogen and oxygen atoms in total. The number of pyridine rings is 1. The molecule has 3 aromatic rings. The first kappa shape index (κ1) is 22.2. The van der Waals surface area contributed by atoms with Crippen LogP contribution in [0.3, 0.4) is 0 Å². The van der Waals surface area contributed by atoms with Crippen molar-refractivity contribution in [2.75, 3.05) is 6.54 Å². The summed E-state index contributed by atoms with van der Waals surface area (Å²) in [5.41, 5.74) is 4.45. The fourth-order valence-corrected chi connectivity index (χ4v) is 6.31. The average molecular weight is 451 g/mol. The second-order valence-electron chi connectivity index (χ2n) is 8.27. The van der Waals surface area contributed by atoms with E-state index in [-0.39, 0.29) is 17.9 Å². The van der Waals surface area contributed by atoms with Crippen LogP contribution in [-0.4, -0.2) is 35.3 Å². The van der Waals surface area contributed by atoms with Gasteiger partial charge in [-0.1, -0.05) is 36.4 Å². The Morgan fingerprint density at radius 1 is 1.06 bits per heavy atom. The van der Waals surface area contributed by atoms with Crippen LogP contribution < -0.4 is 0 Å². The monoisotopic (exact) mass is 450 g/mol. The van der Waals surface area contributed by atoms with Gasteiger partial charge in [0.2, 0.25) is 10.0 Å². The van der Waals surface area contributed by atoms with Gasteiger partial charge in [0.1, 0.15) is 0 Å². The van der Waals surface area contributed by atoms with E-state index in [0.717, 1.165) is 22.3 Å². The molecule has 2 aromatic carbocycles. The number of aliphatic carboxylic acids is 1. The molecule has 32 heavy (non-hydrogen) atoms. The Morgan fingerprint density at radius 3 is 2.56 bits per heavy atom. The van der Waals surface area contributed by atoms with E-state index in [4.69, 9.17) is 0 Å². The molecule has 1 aliphatic heterocycles. The lowest BCUT2D eigenvalue weighted by Crippen LogP contribution is -2.42. The topological polar surface area (TPSA) is 87.6 Å². The number of benzene rings is 2. The van der Waals surface area contributed by atoms with E-state index in [0.29, 0.717) is 12.0 Å². The maximum absolute atomic E-state index is 13.6. The minimum Gasteiger partial charge on any atom is -0.481 e. The highest BCUT2D eigenvalue weighted by Gasteiger charge is 2.40. The summed E-state index contributed by atoms with van der Waals surface area (Å²) in [7, 11) is -3.79. The highest BCUT2D eigenvalue weighted by atomic mass is 32.2. The first-order valence-electron chi connectivity index (χ1n) is 10.6. The van der Waals surface area contributed by atoms with Crippen molar-refractivity contribution in [3.05, 3.63) is 83.7 Å². The van der Waals surface area contributed by atoms with Crippen LogP contribution in [-0.2, 0) is 14.8 Å². The molecule has 1 aromatic heterocycles. The van der Waals surface area contributed by atoms with Crippen molar-refractivity contribution in [3.63, 3.8) is 0 Å². The third kappa shape index (κ3) is 4.18. The maximum Gasteiger partial charge on any atom is 0.306 e. The molecule has 2 atom stereocenters. The number of aryl methyl sites for hydroxylation is 2. The zero-order valence-corrected chi connectivity index (χ0v) is 18.9. The van der Waals surface area contributed by atoms with Crippen molar-refractivity contribution in [1.82, 2.24) is 9.29 Å². The van der Waals surface area contributed by atoms with Crippen LogP contribution in [0.2, 0.25) is 0 Å². The predicted octanol–water partition coefficient (Wildman–Crippen LogP) is 4.59. The first-order chi connectivity index (χ1) is 15.3. The Labute approximate surface area is 188 Å². The number of carboxylic acid groups (broad SMARTS) is 1. The SMILES string of the molecule is Cc1cnccc1-c1cccc([C@@H]2C[C@H](C(=O)O)CCN2S(=O)(=O)c2ccccc2C)c1. The third-order valence-corrected chi connectivity index (χ3v) is 8.25. The van der Waals surface area contributed by atoms with Crippen LogP contribution in [0.15, 0.2) is 71.9 Å². The first-order valence-corrected chi connectivity index (χ1v) is 12.0. The average Bonchev–Trinajstić information content (AvgIpc) is 2.79. The van der Waals surface area contributed by atoms with Crippen LogP contribution in [0.5, 0.6) is 0 Å². The molecule has 166 valence electrons. The molecule has 0 unspecified atom stereocenters. The van der Waals surface area contributed by atoms with Crippen molar-refractivity contribution < 1.29 is 18.3 Å². The van der Waals surface area contributed by atoms with Gasteiger partial charge < -0.3 is 5.11 Å². The van der Waals surface area contributed by atoms with E-state index in [1.165, 1.54) is 4.31 Å². The molecular formula is C25H26N2O4S. The van der Waals surface area contributed by atoms with Gasteiger partial charge in [-0.05, 0) is 72.7 Å². The van der Waals surface area contributed by atoms with Gasteiger partial charge in [0.25, 0.3) is 0 Å². The fraction of sp³-hybridized carbons (Fsp3) is 0.280. The number of hydrogen-bond acceptors (Lipinski definition) is 4. The Morgan fingerprint density at radius 2 is 1.84 bits per heavy atom. The van der Waals surface area contributed by atoms with Crippen molar-refractivity contribution in [1.29, 1.82) is 0 Å². The zero-order chi connectivity index (χ0) is 22.9. The number of carbonyl (C=O) groups is 1. The van der Waals surface area contributed by atoms with Crippen molar-refractivity contribution in [2.45, 2.75) is 37.6 Å². The molecule has 0 radical (unpaired) electrons. The van der Waals surface area contributed by atoms with Gasteiger partial charge in [0, 0.05) is 18.9 Å². The van der Waals surface area contributed by atoms with Crippen molar-refractivity contribution in [3.8, 4) is 11.1 Å². The molecule has 0 amide bonds. The maximum atomic E-state index is 13.6. The van der Waals surface area contributed by atoms with E-state index in [2.05, 4.69) is 4.98 Å². The van der Waals surface area contributed by atoms with Gasteiger partial charge in [0.15, 0.2) is 0 Å². The van der Waals surface area contributed by atoms with Gasteiger partial charge >= 0.3 is 5.97 Å². The zero-order valence-electron chi connectivity index (χ0n) is 18.1. The van der Waals surface area contributed by atoms with Crippen molar-refractivity contribution in [2.24, 2.45) is 5.92 Å². The molecule has 1 aliphatic rings. The highest BCUT2D eigenvalue weighted by Crippen LogP contribution is 2.40. The summed E-state index contributed by atoms with van der Waals surface area (Å²) in [5.74, 6) is -1.47. The standard InChI is InChI=1S/C25H26N2O4S/c1-17-6-3-4-9-24(17)32(30,31)27-13-11-21(25(28)29)15-23(27)20-8-5-7-19(14-20)22-10-12-26-16-18(22)2/h3-10,12,14,16,21,23H,11,13,15H2,1-2H3,(H,28,29)/t21-,23+/m1/s1. The quantitative estimate of drug-likeness (QED) is 0.614. The second-order valence-corrected chi connectivity index (χ2v) is 10.1. The van der Waals surface area contributed by atoms with Crippen LogP contribution in [0, 0.1) is 19.8 Å². The lowest BCUT2D eigenvalue weighted by molar-refractivity contribution is -0.143. The molecule has 0 bridgehead atoms. The summed E-state index contributed by atoms with van der Waals surface area (Å²) in [5, 5.41) is 9.65. The number of hydrogen-bond donors (Lipinski definition) is 1. The van der Waals surface area contributed by atoms with Crippen LogP contribution in [0.4, 0.5) is 0 Å². The predicted molar refractivity (Wildman–Crippen MR) is 123 cm³/mol. The van der Waals surface area contributed by atoms with Gasteiger partial charge in [-0.15, -0.1) is 0 Å². The minimum atomic E-state index is -3.79. The summed E-state index contributed by atoms with van der Waals surface area (Å²) in [6.07, 6.45) is 4.04. The van der Waals surface area contributed by atoms with Gasteiger partial charge in [-0.2, -0.15) is 4.31 Å². The molecule has 4 rings (SSSR count). The van der Waals surface area contributed by atoms with Gasteiger partial charge in [-0.3, -0.25) is 9.78 Å². The molecule has 2 heterocycles. The van der Waals surface area contributed by atoms with Gasteiger partial charge in [-0.25, -0.2) is 8.42 Å². The molecule has 0 spiro atoms. The van der Waals surface area contributed by atoms with Crippen LogP contribution in [0.1, 0.15) is 35.6 Å². The molecule has 7 heteroatoms. The van der Waals surface area contributed by atoms with Crippen LogP contribution in [0.25, 0.3) is 11.1 Å². The number of sulfonamides is 1. The van der Waals surface area contributed by atoms with Crippen molar-refractivity contribution >= 4 is 16.0 Å². The lowest BCUT2D eigenvalue weighted by atomic mass is 9.87. The number of piperidine rings is 1. The van der Waals surface area contributed by atoms with E-state index in [1.807, 2.05) is 43.3 Å². The summed E-state index contributed by atoms with van der Waals surface area (Å²) in [6.45, 7) is 3.92. The number of rotatable bonds is 5. The molecule has 0 saturated carbocycles. The minimum absolute atomic E-state index is 0.164. The Balaban J connectivity index is 1.79. The van der Waals surface area contributed by atoms with E-state index >= 15 is 0 Å². The number of carboxylic acids is 1. The van der Waals surface area contributed by atoms with E-state index in [9.17, 15) is 18.3 Å². The lowest BCUT2D eigenvalue weighted by Gasteiger charge is -2.38. The molecule has 1 N–H and O–H groups in total. The summed E-state index contributed by atoms with van der Waals surface area (Å²) < 4.78 is 28.8. The Kier molecular flexibility index (Phi) is 6.13. The molecule has 0 aliphatic carbocycles.